The van der Waals surface area contributed by atoms with Gasteiger partial charge in [-0.25, -0.2) is 4.57 Å². The van der Waals surface area contributed by atoms with Crippen molar-refractivity contribution < 1.29 is 22.9 Å². The second-order valence-electron chi connectivity index (χ2n) is 3.39. The van der Waals surface area contributed by atoms with Crippen molar-refractivity contribution in [3.8, 4) is 0 Å². The number of phosphoric acid groups is 1. The summed E-state index contributed by atoms with van der Waals surface area (Å²) in [4.78, 5) is 11.4. The summed E-state index contributed by atoms with van der Waals surface area (Å²) < 4.78 is 26.5. The number of phosphoric ester groups is 1. The van der Waals surface area contributed by atoms with Crippen molar-refractivity contribution in [3.05, 3.63) is 0 Å². The Bertz CT molecular complexity index is 289. The molecule has 0 aliphatic carbocycles. The molecule has 1 saturated heterocycles. The summed E-state index contributed by atoms with van der Waals surface area (Å²) in [6.07, 6.45) is 0.0365. The van der Waals surface area contributed by atoms with E-state index in [1.807, 2.05) is 6.92 Å². The maximum atomic E-state index is 11.7. The highest BCUT2D eigenvalue weighted by atomic mass is 31.2. The van der Waals surface area contributed by atoms with Crippen LogP contribution in [-0.4, -0.2) is 24.6 Å². The van der Waals surface area contributed by atoms with Crippen molar-refractivity contribution in [1.82, 2.24) is 0 Å². The minimum absolute atomic E-state index is 0.209. The second kappa shape index (κ2) is 3.74. The van der Waals surface area contributed by atoms with Crippen LogP contribution in [0.3, 0.4) is 0 Å². The number of ketones is 1. The maximum Gasteiger partial charge on any atom is 0.475 e. The van der Waals surface area contributed by atoms with Crippen molar-refractivity contribution in [2.75, 3.05) is 7.11 Å². The molecule has 3 atom stereocenters. The molecule has 3 unspecified atom stereocenters. The van der Waals surface area contributed by atoms with Gasteiger partial charge in [0.2, 0.25) is 0 Å². The predicted molar refractivity (Wildman–Crippen MR) is 50.0 cm³/mol. The van der Waals surface area contributed by atoms with Crippen LogP contribution in [0.5, 0.6) is 0 Å². The average molecular weight is 222 g/mol. The van der Waals surface area contributed by atoms with Crippen LogP contribution in [0.1, 0.15) is 27.2 Å². The smallest absolute Gasteiger partial charge is 0.297 e. The van der Waals surface area contributed by atoms with E-state index in [2.05, 4.69) is 4.52 Å². The van der Waals surface area contributed by atoms with Crippen molar-refractivity contribution >= 4 is 13.6 Å². The van der Waals surface area contributed by atoms with Gasteiger partial charge >= 0.3 is 7.82 Å². The summed E-state index contributed by atoms with van der Waals surface area (Å²) in [5.41, 5.74) is -1.15. The minimum atomic E-state index is -3.52. The Morgan fingerprint density at radius 1 is 1.64 bits per heavy atom. The van der Waals surface area contributed by atoms with Crippen LogP contribution in [0.15, 0.2) is 0 Å². The third-order valence-corrected chi connectivity index (χ3v) is 4.03. The molecule has 0 N–H and O–H groups in total. The molecule has 0 aromatic rings. The van der Waals surface area contributed by atoms with E-state index in [1.165, 1.54) is 14.0 Å². The van der Waals surface area contributed by atoms with Crippen LogP contribution in [0.4, 0.5) is 0 Å². The van der Waals surface area contributed by atoms with Gasteiger partial charge in [-0.2, -0.15) is 0 Å². The summed E-state index contributed by atoms with van der Waals surface area (Å²) in [5.74, 6) is -0.209. The average Bonchev–Trinajstić information content (AvgIpc) is 2.40. The van der Waals surface area contributed by atoms with E-state index in [-0.39, 0.29) is 5.78 Å². The summed E-state index contributed by atoms with van der Waals surface area (Å²) in [6, 6.07) is 0. The standard InChI is InChI=1S/C8H15O5P/c1-5-7-8(3,6(2)9)13-14(10,11-4)12-7/h7H,5H2,1-4H3. The second-order valence-corrected chi connectivity index (χ2v) is 5.04. The Labute approximate surface area is 83.3 Å². The molecular weight excluding hydrogens is 207 g/mol. The lowest BCUT2D eigenvalue weighted by Crippen LogP contribution is -2.42. The molecule has 1 aliphatic rings. The molecule has 0 bridgehead atoms. The van der Waals surface area contributed by atoms with Gasteiger partial charge in [0.05, 0.1) is 0 Å². The van der Waals surface area contributed by atoms with Crippen LogP contribution in [0.2, 0.25) is 0 Å². The zero-order valence-electron chi connectivity index (χ0n) is 8.77. The number of rotatable bonds is 3. The first-order chi connectivity index (χ1) is 6.38. The first-order valence-electron chi connectivity index (χ1n) is 4.44. The van der Waals surface area contributed by atoms with Crippen LogP contribution in [-0.2, 0) is 22.9 Å². The molecular formula is C8H15O5P. The third kappa shape index (κ3) is 1.77. The number of hydrogen-bond donors (Lipinski definition) is 0. The summed E-state index contributed by atoms with van der Waals surface area (Å²) in [7, 11) is -2.28. The van der Waals surface area contributed by atoms with Crippen molar-refractivity contribution in [2.24, 2.45) is 0 Å². The highest BCUT2D eigenvalue weighted by molar-refractivity contribution is 7.48. The minimum Gasteiger partial charge on any atom is -0.297 e. The fourth-order valence-corrected chi connectivity index (χ4v) is 2.98. The highest BCUT2D eigenvalue weighted by Gasteiger charge is 2.55. The molecule has 1 fully saturated rings. The van der Waals surface area contributed by atoms with E-state index in [0.717, 1.165) is 0 Å². The molecule has 1 heterocycles. The van der Waals surface area contributed by atoms with Crippen molar-refractivity contribution in [1.29, 1.82) is 0 Å². The SMILES string of the molecule is CCC1OP(=O)(OC)OC1(C)C(C)=O. The zero-order chi connectivity index (χ0) is 11.0. The number of carbonyl (C=O) groups excluding carboxylic acids is 1. The first kappa shape index (κ1) is 11.9. The Hall–Kier alpha value is -0.220. The van der Waals surface area contributed by atoms with Crippen LogP contribution < -0.4 is 0 Å². The molecule has 6 heteroatoms. The van der Waals surface area contributed by atoms with Crippen LogP contribution in [0.25, 0.3) is 0 Å². The number of hydrogen-bond acceptors (Lipinski definition) is 5. The molecule has 82 valence electrons. The molecule has 0 saturated carbocycles. The largest absolute Gasteiger partial charge is 0.475 e. The summed E-state index contributed by atoms with van der Waals surface area (Å²) in [5, 5.41) is 0. The fourth-order valence-electron chi connectivity index (χ4n) is 1.40. The highest BCUT2D eigenvalue weighted by Crippen LogP contribution is 2.61. The molecule has 1 rings (SSSR count). The lowest BCUT2D eigenvalue weighted by Gasteiger charge is -2.22. The van der Waals surface area contributed by atoms with E-state index >= 15 is 0 Å². The normalized spacial score (nSPS) is 42.7. The van der Waals surface area contributed by atoms with Crippen LogP contribution >= 0.6 is 7.82 Å². The van der Waals surface area contributed by atoms with Gasteiger partial charge in [-0.05, 0) is 20.3 Å². The zero-order valence-corrected chi connectivity index (χ0v) is 9.67. The number of Topliss-reactive ketones (excluding diaryl/α,β-unsaturated/α-hetero) is 1. The van der Waals surface area contributed by atoms with Gasteiger partial charge in [-0.1, -0.05) is 6.92 Å². The Balaban J connectivity index is 2.99. The molecule has 0 radical (unpaired) electrons. The van der Waals surface area contributed by atoms with Gasteiger partial charge in [-0.15, -0.1) is 0 Å². The molecule has 0 spiro atoms. The predicted octanol–water partition coefficient (Wildman–Crippen LogP) is 1.91. The first-order valence-corrected chi connectivity index (χ1v) is 5.90. The quantitative estimate of drug-likeness (QED) is 0.682. The molecule has 0 aromatic heterocycles. The molecule has 0 amide bonds. The lowest BCUT2D eigenvalue weighted by atomic mass is 9.93. The van der Waals surface area contributed by atoms with E-state index < -0.39 is 19.5 Å². The Morgan fingerprint density at radius 3 is 2.50 bits per heavy atom. The van der Waals surface area contributed by atoms with E-state index in [9.17, 15) is 9.36 Å². The monoisotopic (exact) mass is 222 g/mol. The van der Waals surface area contributed by atoms with Gasteiger partial charge in [-0.3, -0.25) is 18.4 Å². The van der Waals surface area contributed by atoms with E-state index in [1.54, 1.807) is 6.92 Å². The van der Waals surface area contributed by atoms with Gasteiger partial charge < -0.3 is 0 Å². The summed E-state index contributed by atoms with van der Waals surface area (Å²) in [6.45, 7) is 4.79. The topological polar surface area (TPSA) is 61.8 Å². The Morgan fingerprint density at radius 2 is 2.21 bits per heavy atom. The molecule has 0 aromatic carbocycles. The van der Waals surface area contributed by atoms with Gasteiger partial charge in [0.25, 0.3) is 0 Å². The molecule has 5 nitrogen and oxygen atoms in total. The maximum absolute atomic E-state index is 11.7. The van der Waals surface area contributed by atoms with Crippen molar-refractivity contribution in [3.63, 3.8) is 0 Å². The van der Waals surface area contributed by atoms with Gasteiger partial charge in [0, 0.05) is 7.11 Å². The third-order valence-electron chi connectivity index (χ3n) is 2.47. The van der Waals surface area contributed by atoms with Gasteiger partial charge in [0.1, 0.15) is 6.10 Å². The van der Waals surface area contributed by atoms with Crippen molar-refractivity contribution in [2.45, 2.75) is 38.9 Å². The Kier molecular flexibility index (Phi) is 3.17. The van der Waals surface area contributed by atoms with Gasteiger partial charge in [0.15, 0.2) is 11.4 Å². The lowest BCUT2D eigenvalue weighted by molar-refractivity contribution is -0.133. The van der Waals surface area contributed by atoms with E-state index in [4.69, 9.17) is 9.05 Å². The molecule has 14 heavy (non-hydrogen) atoms. The number of carbonyl (C=O) groups is 1. The summed E-state index contributed by atoms with van der Waals surface area (Å²) >= 11 is 0. The van der Waals surface area contributed by atoms with E-state index in [0.29, 0.717) is 6.42 Å². The van der Waals surface area contributed by atoms with Crippen LogP contribution in [0, 0.1) is 0 Å². The molecule has 1 aliphatic heterocycles. The fraction of sp³-hybridized carbons (Fsp3) is 0.875.